The molecule has 1 fully saturated rings. The van der Waals surface area contributed by atoms with E-state index >= 15 is 0 Å². The van der Waals surface area contributed by atoms with Gasteiger partial charge in [0.2, 0.25) is 0 Å². The van der Waals surface area contributed by atoms with E-state index in [1.807, 2.05) is 13.8 Å². The summed E-state index contributed by atoms with van der Waals surface area (Å²) in [6.45, 7) is 4.51. The molecule has 1 N–H and O–H groups in total. The van der Waals surface area contributed by atoms with Crippen LogP contribution in [0.2, 0.25) is 0 Å². The number of ether oxygens (including phenoxy) is 1. The first-order valence-electron chi connectivity index (χ1n) is 6.67. The number of aliphatic hydroxyl groups is 1. The van der Waals surface area contributed by atoms with Gasteiger partial charge in [0.25, 0.3) is 0 Å². The quantitative estimate of drug-likeness (QED) is 0.914. The fraction of sp³-hybridized carbons (Fsp3) is 0.600. The molecular weight excluding hydrogens is 250 g/mol. The van der Waals surface area contributed by atoms with E-state index in [9.17, 15) is 13.9 Å². The van der Waals surface area contributed by atoms with Crippen molar-refractivity contribution >= 4 is 0 Å². The fourth-order valence-corrected chi connectivity index (χ4v) is 2.56. The highest BCUT2D eigenvalue weighted by atomic mass is 19.1. The van der Waals surface area contributed by atoms with Crippen molar-refractivity contribution in [2.45, 2.75) is 44.8 Å². The Labute approximate surface area is 112 Å². The summed E-state index contributed by atoms with van der Waals surface area (Å²) in [5, 5.41) is 10.6. The summed E-state index contributed by atoms with van der Waals surface area (Å²) in [4.78, 5) is 0. The van der Waals surface area contributed by atoms with Gasteiger partial charge >= 0.3 is 0 Å². The Kier molecular flexibility index (Phi) is 4.21. The third kappa shape index (κ3) is 3.51. The average molecular weight is 270 g/mol. The van der Waals surface area contributed by atoms with E-state index in [1.165, 1.54) is 0 Å². The van der Waals surface area contributed by atoms with Gasteiger partial charge in [0.15, 0.2) is 0 Å². The van der Waals surface area contributed by atoms with Crippen LogP contribution in [0.1, 0.15) is 32.3 Å². The Hall–Kier alpha value is -1.00. The van der Waals surface area contributed by atoms with Crippen LogP contribution < -0.4 is 0 Å². The molecule has 2 nitrogen and oxygen atoms in total. The molecule has 1 aliphatic rings. The monoisotopic (exact) mass is 270 g/mol. The van der Waals surface area contributed by atoms with Crippen molar-refractivity contribution in [3.8, 4) is 0 Å². The van der Waals surface area contributed by atoms with E-state index in [2.05, 4.69) is 0 Å². The summed E-state index contributed by atoms with van der Waals surface area (Å²) < 4.78 is 32.4. The van der Waals surface area contributed by atoms with Gasteiger partial charge in [-0.2, -0.15) is 0 Å². The highest BCUT2D eigenvalue weighted by Crippen LogP contribution is 2.32. The minimum absolute atomic E-state index is 0.0321. The summed E-state index contributed by atoms with van der Waals surface area (Å²) in [6, 6.07) is 3.35. The Morgan fingerprint density at radius 1 is 1.42 bits per heavy atom. The molecule has 0 aliphatic carbocycles. The second kappa shape index (κ2) is 5.55. The average Bonchev–Trinajstić information content (AvgIpc) is 2.33. The zero-order valence-corrected chi connectivity index (χ0v) is 11.3. The maximum Gasteiger partial charge on any atom is 0.126 e. The highest BCUT2D eigenvalue weighted by molar-refractivity contribution is 5.21. The van der Waals surface area contributed by atoms with Crippen LogP contribution in [0, 0.1) is 17.6 Å². The minimum atomic E-state index is -1.01. The van der Waals surface area contributed by atoms with Gasteiger partial charge in [0.1, 0.15) is 11.6 Å². The molecular formula is C15H20F2O2. The van der Waals surface area contributed by atoms with Crippen molar-refractivity contribution in [2.75, 3.05) is 6.61 Å². The first-order valence-corrected chi connectivity index (χ1v) is 6.67. The predicted octanol–water partition coefficient (Wildman–Crippen LogP) is 3.07. The van der Waals surface area contributed by atoms with Gasteiger partial charge in [-0.3, -0.25) is 0 Å². The van der Waals surface area contributed by atoms with Gasteiger partial charge in [-0.1, -0.05) is 13.8 Å². The summed E-state index contributed by atoms with van der Waals surface area (Å²) in [5.74, 6) is -0.654. The first-order chi connectivity index (χ1) is 8.89. The third-order valence-electron chi connectivity index (χ3n) is 3.75. The lowest BCUT2D eigenvalue weighted by molar-refractivity contribution is -0.116. The van der Waals surface area contributed by atoms with E-state index in [0.717, 1.165) is 18.2 Å². The van der Waals surface area contributed by atoms with Crippen molar-refractivity contribution in [3.63, 3.8) is 0 Å². The van der Waals surface area contributed by atoms with Crippen molar-refractivity contribution in [1.29, 1.82) is 0 Å². The normalized spacial score (nSPS) is 27.8. The Morgan fingerprint density at radius 3 is 2.84 bits per heavy atom. The van der Waals surface area contributed by atoms with Crippen LogP contribution in [-0.2, 0) is 11.2 Å². The smallest absolute Gasteiger partial charge is 0.126 e. The van der Waals surface area contributed by atoms with E-state index in [1.54, 1.807) is 0 Å². The van der Waals surface area contributed by atoms with Crippen molar-refractivity contribution in [3.05, 3.63) is 35.4 Å². The second-order valence-corrected chi connectivity index (χ2v) is 5.74. The fourth-order valence-electron chi connectivity index (χ4n) is 2.56. The summed E-state index contributed by atoms with van der Waals surface area (Å²) in [5.41, 5.74) is -0.783. The molecule has 106 valence electrons. The molecule has 0 bridgehead atoms. The molecule has 1 heterocycles. The van der Waals surface area contributed by atoms with Crippen molar-refractivity contribution in [2.24, 2.45) is 5.92 Å². The van der Waals surface area contributed by atoms with Gasteiger partial charge in [0.05, 0.1) is 11.7 Å². The van der Waals surface area contributed by atoms with Gasteiger partial charge in [-0.15, -0.1) is 0 Å². The van der Waals surface area contributed by atoms with Crippen molar-refractivity contribution < 1.29 is 18.6 Å². The zero-order valence-electron chi connectivity index (χ0n) is 11.3. The zero-order chi connectivity index (χ0) is 14.0. The van der Waals surface area contributed by atoms with Gasteiger partial charge in [0, 0.05) is 19.4 Å². The second-order valence-electron chi connectivity index (χ2n) is 5.74. The molecule has 1 aromatic carbocycles. The Balaban J connectivity index is 2.14. The molecule has 2 rings (SSSR count). The van der Waals surface area contributed by atoms with E-state index < -0.39 is 17.2 Å². The SMILES string of the molecule is CC(C)C1CC(O)(Cc2cc(F)ccc2F)CCO1. The molecule has 1 aliphatic heterocycles. The molecule has 19 heavy (non-hydrogen) atoms. The largest absolute Gasteiger partial charge is 0.389 e. The van der Waals surface area contributed by atoms with E-state index in [0.29, 0.717) is 25.4 Å². The van der Waals surface area contributed by atoms with E-state index in [4.69, 9.17) is 4.74 Å². The minimum Gasteiger partial charge on any atom is -0.389 e. The summed E-state index contributed by atoms with van der Waals surface area (Å²) >= 11 is 0. The van der Waals surface area contributed by atoms with Crippen molar-refractivity contribution in [1.82, 2.24) is 0 Å². The van der Waals surface area contributed by atoms with Gasteiger partial charge in [-0.25, -0.2) is 8.78 Å². The standard InChI is InChI=1S/C15H20F2O2/c1-10(2)14-9-15(18,5-6-19-14)8-11-7-12(16)3-4-13(11)17/h3-4,7,10,14,18H,5-6,8-9H2,1-2H3. The Morgan fingerprint density at radius 2 is 2.16 bits per heavy atom. The van der Waals surface area contributed by atoms with Crippen LogP contribution in [0.15, 0.2) is 18.2 Å². The summed E-state index contributed by atoms with van der Waals surface area (Å²) in [6.07, 6.45) is 1.01. The lowest BCUT2D eigenvalue weighted by atomic mass is 9.82. The van der Waals surface area contributed by atoms with Gasteiger partial charge < -0.3 is 9.84 Å². The van der Waals surface area contributed by atoms with Crippen LogP contribution in [-0.4, -0.2) is 23.4 Å². The molecule has 0 amide bonds. The predicted molar refractivity (Wildman–Crippen MR) is 68.8 cm³/mol. The van der Waals surface area contributed by atoms with Crippen LogP contribution >= 0.6 is 0 Å². The molecule has 1 saturated heterocycles. The first kappa shape index (κ1) is 14.4. The van der Waals surface area contributed by atoms with Crippen LogP contribution in [0.5, 0.6) is 0 Å². The molecule has 0 saturated carbocycles. The molecule has 4 heteroatoms. The van der Waals surface area contributed by atoms with Crippen LogP contribution in [0.4, 0.5) is 8.78 Å². The number of hydrogen-bond acceptors (Lipinski definition) is 2. The van der Waals surface area contributed by atoms with Gasteiger partial charge in [-0.05, 0) is 36.1 Å². The lowest BCUT2D eigenvalue weighted by Gasteiger charge is -2.38. The number of rotatable bonds is 3. The van der Waals surface area contributed by atoms with Crippen LogP contribution in [0.25, 0.3) is 0 Å². The molecule has 2 atom stereocenters. The summed E-state index contributed by atoms with van der Waals surface area (Å²) in [7, 11) is 0. The third-order valence-corrected chi connectivity index (χ3v) is 3.75. The maximum absolute atomic E-state index is 13.6. The number of hydrogen-bond donors (Lipinski definition) is 1. The highest BCUT2D eigenvalue weighted by Gasteiger charge is 2.36. The lowest BCUT2D eigenvalue weighted by Crippen LogP contribution is -2.44. The van der Waals surface area contributed by atoms with E-state index in [-0.39, 0.29) is 18.1 Å². The van der Waals surface area contributed by atoms with Crippen LogP contribution in [0.3, 0.4) is 0 Å². The number of halogens is 2. The molecule has 0 aromatic heterocycles. The molecule has 1 aromatic rings. The maximum atomic E-state index is 13.6. The molecule has 0 spiro atoms. The topological polar surface area (TPSA) is 29.5 Å². The number of benzene rings is 1. The Bertz CT molecular complexity index is 448. The molecule has 0 radical (unpaired) electrons. The molecule has 2 unspecified atom stereocenters.